The van der Waals surface area contributed by atoms with Crippen LogP contribution < -0.4 is 5.32 Å². The summed E-state index contributed by atoms with van der Waals surface area (Å²) in [7, 11) is 0. The normalized spacial score (nSPS) is 21.6. The van der Waals surface area contributed by atoms with Crippen molar-refractivity contribution in [1.29, 1.82) is 0 Å². The molecule has 3 N–H and O–H groups in total. The molecular weight excluding hydrogens is 449 g/mol. The van der Waals surface area contributed by atoms with Gasteiger partial charge in [0.1, 0.15) is 11.4 Å². The lowest BCUT2D eigenvalue weighted by Gasteiger charge is -2.33. The molecule has 1 fully saturated rings. The van der Waals surface area contributed by atoms with Crippen LogP contribution in [-0.4, -0.2) is 36.5 Å². The van der Waals surface area contributed by atoms with Crippen molar-refractivity contribution in [3.63, 3.8) is 0 Å². The Morgan fingerprint density at radius 2 is 1.88 bits per heavy atom. The number of rotatable bonds is 4. The second kappa shape index (κ2) is 8.35. The van der Waals surface area contributed by atoms with Crippen molar-refractivity contribution < 1.29 is 28.2 Å². The molecule has 0 radical (unpaired) electrons. The van der Waals surface area contributed by atoms with Gasteiger partial charge in [0.2, 0.25) is 0 Å². The van der Waals surface area contributed by atoms with Gasteiger partial charge in [0.15, 0.2) is 0 Å². The molecule has 0 atom stereocenters. The van der Waals surface area contributed by atoms with Gasteiger partial charge >= 0.3 is 6.18 Å². The minimum atomic E-state index is -4.67. The summed E-state index contributed by atoms with van der Waals surface area (Å²) in [5, 5.41) is 28.9. The van der Waals surface area contributed by atoms with Crippen molar-refractivity contribution >= 4 is 22.5 Å². The number of carbonyl (C=O) groups is 1. The summed E-state index contributed by atoms with van der Waals surface area (Å²) >= 11 is 0. The Bertz CT molecular complexity index is 1220. The maximum absolute atomic E-state index is 13.0. The van der Waals surface area contributed by atoms with Crippen LogP contribution in [0.15, 0.2) is 36.5 Å². The molecule has 0 bridgehead atoms. The Morgan fingerprint density at radius 3 is 2.50 bits per heavy atom. The van der Waals surface area contributed by atoms with E-state index in [2.05, 4.69) is 15.4 Å². The van der Waals surface area contributed by atoms with Gasteiger partial charge in [0.05, 0.1) is 22.8 Å². The first-order chi connectivity index (χ1) is 15.7. The highest BCUT2D eigenvalue weighted by Crippen LogP contribution is 2.37. The second-order valence-electron chi connectivity index (χ2n) is 9.71. The van der Waals surface area contributed by atoms with Crippen LogP contribution in [0.4, 0.5) is 18.9 Å². The molecule has 0 unspecified atom stereocenters. The quantitative estimate of drug-likeness (QED) is 0.503. The fraction of sp³-hybridized carbons (Fsp3) is 0.458. The molecule has 1 aromatic carbocycles. The van der Waals surface area contributed by atoms with Gasteiger partial charge in [-0.05, 0) is 70.7 Å². The average molecular weight is 476 g/mol. The average Bonchev–Trinajstić information content (AvgIpc) is 3.15. The molecule has 0 aliphatic heterocycles. The van der Waals surface area contributed by atoms with Crippen LogP contribution in [0.3, 0.4) is 0 Å². The van der Waals surface area contributed by atoms with Crippen LogP contribution in [0.1, 0.15) is 74.2 Å². The molecule has 1 saturated carbocycles. The number of pyridine rings is 1. The van der Waals surface area contributed by atoms with E-state index in [1.807, 2.05) is 17.8 Å². The van der Waals surface area contributed by atoms with E-state index in [1.54, 1.807) is 26.0 Å². The highest BCUT2D eigenvalue weighted by molar-refractivity contribution is 6.04. The Morgan fingerprint density at radius 1 is 1.21 bits per heavy atom. The number of alkyl halides is 3. The zero-order valence-electron chi connectivity index (χ0n) is 19.1. The van der Waals surface area contributed by atoms with E-state index in [1.165, 1.54) is 6.07 Å². The third-order valence-corrected chi connectivity index (χ3v) is 6.25. The smallest absolute Gasteiger partial charge is 0.390 e. The van der Waals surface area contributed by atoms with Crippen molar-refractivity contribution in [3.8, 4) is 0 Å². The number of fused-ring (bicyclic) bond motifs is 1. The number of hydrogen-bond donors (Lipinski definition) is 3. The van der Waals surface area contributed by atoms with Crippen molar-refractivity contribution in [1.82, 2.24) is 14.8 Å². The molecule has 1 amide bonds. The fourth-order valence-corrected chi connectivity index (χ4v) is 4.28. The summed E-state index contributed by atoms with van der Waals surface area (Å²) in [6.07, 6.45) is 0.0253. The molecule has 2 aromatic heterocycles. The van der Waals surface area contributed by atoms with E-state index in [-0.39, 0.29) is 17.4 Å². The second-order valence-corrected chi connectivity index (χ2v) is 9.71. The third kappa shape index (κ3) is 5.07. The Labute approximate surface area is 194 Å². The van der Waals surface area contributed by atoms with Crippen LogP contribution in [0, 0.1) is 0 Å². The molecule has 34 heavy (non-hydrogen) atoms. The number of hydrogen-bond acceptors (Lipinski definition) is 5. The Kier molecular flexibility index (Phi) is 5.93. The first-order valence-electron chi connectivity index (χ1n) is 11.1. The summed E-state index contributed by atoms with van der Waals surface area (Å²) in [5.41, 5.74) is -2.33. The molecule has 182 valence electrons. The summed E-state index contributed by atoms with van der Waals surface area (Å²) in [6.45, 7) is 4.92. The van der Waals surface area contributed by atoms with Crippen molar-refractivity contribution in [2.45, 2.75) is 69.9 Å². The van der Waals surface area contributed by atoms with Crippen LogP contribution in [-0.2, 0) is 11.8 Å². The summed E-state index contributed by atoms with van der Waals surface area (Å²) in [5.74, 6) is -0.821. The van der Waals surface area contributed by atoms with Gasteiger partial charge < -0.3 is 15.5 Å². The number of nitrogens with one attached hydrogen (secondary N) is 1. The Hall–Kier alpha value is -2.98. The van der Waals surface area contributed by atoms with Crippen molar-refractivity contribution in [3.05, 3.63) is 53.5 Å². The molecule has 0 saturated heterocycles. The van der Waals surface area contributed by atoms with Gasteiger partial charge in [-0.3, -0.25) is 9.48 Å². The first-order valence-corrected chi connectivity index (χ1v) is 11.1. The monoisotopic (exact) mass is 476 g/mol. The van der Waals surface area contributed by atoms with Gasteiger partial charge in [-0.25, -0.2) is 4.98 Å². The SMILES string of the molecule is CC(C)(O)c1cc2nn([C@H]3CC[C@](C)(O)CC3)cc2cc1NC(=O)c1cccc(C(F)(F)F)n1. The molecule has 1 aliphatic carbocycles. The number of nitrogens with zero attached hydrogens (tertiary/aromatic N) is 3. The molecule has 7 nitrogen and oxygen atoms in total. The zero-order chi connectivity index (χ0) is 24.9. The van der Waals surface area contributed by atoms with Crippen molar-refractivity contribution in [2.24, 2.45) is 0 Å². The zero-order valence-corrected chi connectivity index (χ0v) is 19.1. The van der Waals surface area contributed by atoms with Crippen LogP contribution >= 0.6 is 0 Å². The number of aliphatic hydroxyl groups is 2. The standard InChI is InChI=1S/C24H27F3N4O3/c1-22(2,33)16-12-18-14(13-31(30-18)15-7-9-23(3,34)10-8-15)11-19(16)29-21(32)17-5-4-6-20(28-17)24(25,26)27/h4-6,11-13,15,33-34H,7-10H2,1-3H3,(H,29,32)/t15-,23-. The lowest BCUT2D eigenvalue weighted by Crippen LogP contribution is -2.31. The van der Waals surface area contributed by atoms with Gasteiger partial charge in [0, 0.05) is 22.8 Å². The van der Waals surface area contributed by atoms with Gasteiger partial charge in [-0.15, -0.1) is 0 Å². The number of carbonyl (C=O) groups excluding carboxylic acids is 1. The number of halogens is 3. The highest BCUT2D eigenvalue weighted by atomic mass is 19.4. The predicted molar refractivity (Wildman–Crippen MR) is 120 cm³/mol. The number of amides is 1. The van der Waals surface area contributed by atoms with Crippen LogP contribution in [0.25, 0.3) is 10.9 Å². The third-order valence-electron chi connectivity index (χ3n) is 6.25. The van der Waals surface area contributed by atoms with E-state index >= 15 is 0 Å². The molecular formula is C24H27F3N4O3. The molecule has 1 aliphatic rings. The van der Waals surface area contributed by atoms with Crippen LogP contribution in [0.2, 0.25) is 0 Å². The van der Waals surface area contributed by atoms with Crippen molar-refractivity contribution in [2.75, 3.05) is 5.32 Å². The minimum absolute atomic E-state index is 0.116. The molecule has 4 rings (SSSR count). The van der Waals surface area contributed by atoms with Gasteiger partial charge in [-0.2, -0.15) is 18.3 Å². The topological polar surface area (TPSA) is 100 Å². The van der Waals surface area contributed by atoms with Gasteiger partial charge in [0.25, 0.3) is 5.91 Å². The van der Waals surface area contributed by atoms with Gasteiger partial charge in [-0.1, -0.05) is 6.07 Å². The fourth-order valence-electron chi connectivity index (χ4n) is 4.28. The lowest BCUT2D eigenvalue weighted by molar-refractivity contribution is -0.141. The van der Waals surface area contributed by atoms with E-state index in [4.69, 9.17) is 0 Å². The first kappa shape index (κ1) is 24.2. The lowest BCUT2D eigenvalue weighted by atomic mass is 9.84. The predicted octanol–water partition coefficient (Wildman–Crippen LogP) is 4.80. The van der Waals surface area contributed by atoms with E-state index in [0.29, 0.717) is 29.3 Å². The van der Waals surface area contributed by atoms with E-state index in [9.17, 15) is 28.2 Å². The Balaban J connectivity index is 1.67. The molecule has 2 heterocycles. The summed E-state index contributed by atoms with van der Waals surface area (Å²) < 4.78 is 40.8. The molecule has 10 heteroatoms. The summed E-state index contributed by atoms with van der Waals surface area (Å²) in [4.78, 5) is 16.2. The maximum atomic E-state index is 13.0. The molecule has 3 aromatic rings. The maximum Gasteiger partial charge on any atom is 0.433 e. The minimum Gasteiger partial charge on any atom is -0.390 e. The largest absolute Gasteiger partial charge is 0.433 e. The summed E-state index contributed by atoms with van der Waals surface area (Å²) in [6, 6.07) is 6.55. The van der Waals surface area contributed by atoms with E-state index in [0.717, 1.165) is 25.0 Å². The number of anilines is 1. The number of benzene rings is 1. The molecule has 0 spiro atoms. The van der Waals surface area contributed by atoms with E-state index < -0.39 is 29.0 Å². The number of aromatic nitrogens is 3. The van der Waals surface area contributed by atoms with Crippen LogP contribution in [0.5, 0.6) is 0 Å². The highest BCUT2D eigenvalue weighted by Gasteiger charge is 2.33.